The fraction of sp³-hybridized carbons (Fsp3) is 0.364. The van der Waals surface area contributed by atoms with E-state index >= 15 is 0 Å². The van der Waals surface area contributed by atoms with E-state index in [0.717, 1.165) is 30.1 Å². The monoisotopic (exact) mass is 234 g/mol. The number of thiazole rings is 1. The van der Waals surface area contributed by atoms with Crippen LogP contribution in [0.1, 0.15) is 22.4 Å². The fourth-order valence-electron chi connectivity index (χ4n) is 1.33. The van der Waals surface area contributed by atoms with Gasteiger partial charge >= 0.3 is 0 Å². The Morgan fingerprint density at radius 1 is 1.19 bits per heavy atom. The largest absolute Gasteiger partial charge is 0.306 e. The SMILES string of the molecule is CCc1cnc(CNCc2cncnc2)s1. The van der Waals surface area contributed by atoms with E-state index in [1.165, 1.54) is 11.2 Å². The summed E-state index contributed by atoms with van der Waals surface area (Å²) < 4.78 is 0. The highest BCUT2D eigenvalue weighted by atomic mass is 32.1. The standard InChI is InChI=1S/C11H14N4S/c1-2-10-6-15-11(16-10)7-12-3-9-4-13-8-14-5-9/h4-6,8,12H,2-3,7H2,1H3. The van der Waals surface area contributed by atoms with Gasteiger partial charge in [0.15, 0.2) is 0 Å². The maximum atomic E-state index is 4.34. The Balaban J connectivity index is 1.80. The Hall–Kier alpha value is -1.33. The van der Waals surface area contributed by atoms with E-state index in [4.69, 9.17) is 0 Å². The summed E-state index contributed by atoms with van der Waals surface area (Å²) >= 11 is 1.76. The Bertz CT molecular complexity index is 427. The van der Waals surface area contributed by atoms with Gasteiger partial charge in [-0.3, -0.25) is 0 Å². The van der Waals surface area contributed by atoms with Crippen molar-refractivity contribution in [2.75, 3.05) is 0 Å². The average molecular weight is 234 g/mol. The average Bonchev–Trinajstić information content (AvgIpc) is 2.78. The van der Waals surface area contributed by atoms with Crippen LogP contribution >= 0.6 is 11.3 Å². The highest BCUT2D eigenvalue weighted by Crippen LogP contribution is 2.12. The molecule has 1 N–H and O–H groups in total. The first-order valence-corrected chi connectivity index (χ1v) is 6.08. The molecule has 2 aromatic rings. The van der Waals surface area contributed by atoms with Crippen molar-refractivity contribution < 1.29 is 0 Å². The molecule has 0 spiro atoms. The van der Waals surface area contributed by atoms with Crippen LogP contribution in [-0.2, 0) is 19.5 Å². The molecule has 0 fully saturated rings. The molecule has 2 rings (SSSR count). The maximum Gasteiger partial charge on any atom is 0.115 e. The van der Waals surface area contributed by atoms with Crippen LogP contribution in [0, 0.1) is 0 Å². The van der Waals surface area contributed by atoms with Crippen LogP contribution in [0.15, 0.2) is 24.9 Å². The van der Waals surface area contributed by atoms with Crippen LogP contribution in [-0.4, -0.2) is 15.0 Å². The number of aromatic nitrogens is 3. The highest BCUT2D eigenvalue weighted by Gasteiger charge is 2.00. The molecule has 2 heterocycles. The zero-order valence-electron chi connectivity index (χ0n) is 9.18. The van der Waals surface area contributed by atoms with Crippen molar-refractivity contribution in [1.29, 1.82) is 0 Å². The quantitative estimate of drug-likeness (QED) is 0.857. The van der Waals surface area contributed by atoms with Crippen LogP contribution in [0.25, 0.3) is 0 Å². The summed E-state index contributed by atoms with van der Waals surface area (Å²) in [6.07, 6.45) is 8.19. The summed E-state index contributed by atoms with van der Waals surface area (Å²) in [4.78, 5) is 13.6. The number of nitrogens with zero attached hydrogens (tertiary/aromatic N) is 3. The smallest absolute Gasteiger partial charge is 0.115 e. The molecule has 16 heavy (non-hydrogen) atoms. The molecule has 2 aromatic heterocycles. The number of hydrogen-bond donors (Lipinski definition) is 1. The Morgan fingerprint density at radius 3 is 2.69 bits per heavy atom. The number of hydrogen-bond acceptors (Lipinski definition) is 5. The molecule has 0 saturated carbocycles. The predicted octanol–water partition coefficient (Wildman–Crippen LogP) is 1.79. The molecule has 0 aliphatic rings. The van der Waals surface area contributed by atoms with Gasteiger partial charge in [0.1, 0.15) is 11.3 Å². The summed E-state index contributed by atoms with van der Waals surface area (Å²) in [6, 6.07) is 0. The molecule has 0 saturated heterocycles. The molecule has 4 nitrogen and oxygen atoms in total. The van der Waals surface area contributed by atoms with E-state index in [2.05, 4.69) is 27.2 Å². The summed E-state index contributed by atoms with van der Waals surface area (Å²) in [5, 5.41) is 4.46. The molecule has 0 amide bonds. The van der Waals surface area contributed by atoms with Gasteiger partial charge in [0.2, 0.25) is 0 Å². The van der Waals surface area contributed by atoms with Gasteiger partial charge in [-0.15, -0.1) is 11.3 Å². The van der Waals surface area contributed by atoms with Crippen molar-refractivity contribution in [3.8, 4) is 0 Å². The minimum absolute atomic E-state index is 0.780. The first-order chi connectivity index (χ1) is 7.88. The van der Waals surface area contributed by atoms with Crippen LogP contribution in [0.3, 0.4) is 0 Å². The first-order valence-electron chi connectivity index (χ1n) is 5.26. The van der Waals surface area contributed by atoms with Crippen molar-refractivity contribution in [2.24, 2.45) is 0 Å². The summed E-state index contributed by atoms with van der Waals surface area (Å²) in [5.74, 6) is 0. The summed E-state index contributed by atoms with van der Waals surface area (Å²) in [5.41, 5.74) is 1.09. The van der Waals surface area contributed by atoms with Gasteiger partial charge in [-0.05, 0) is 6.42 Å². The highest BCUT2D eigenvalue weighted by molar-refractivity contribution is 7.11. The molecule has 0 atom stereocenters. The van der Waals surface area contributed by atoms with E-state index in [1.807, 2.05) is 18.6 Å². The third kappa shape index (κ3) is 3.08. The third-order valence-corrected chi connectivity index (χ3v) is 3.31. The van der Waals surface area contributed by atoms with E-state index in [-0.39, 0.29) is 0 Å². The van der Waals surface area contributed by atoms with Crippen LogP contribution in [0.5, 0.6) is 0 Å². The van der Waals surface area contributed by atoms with E-state index in [1.54, 1.807) is 11.3 Å². The lowest BCUT2D eigenvalue weighted by Gasteiger charge is -2.00. The van der Waals surface area contributed by atoms with E-state index in [0.29, 0.717) is 0 Å². The van der Waals surface area contributed by atoms with Crippen molar-refractivity contribution in [3.63, 3.8) is 0 Å². The molecule has 0 aliphatic heterocycles. The summed E-state index contributed by atoms with van der Waals surface area (Å²) in [6.45, 7) is 3.73. The topological polar surface area (TPSA) is 50.7 Å². The Morgan fingerprint density at radius 2 is 2.00 bits per heavy atom. The maximum absolute atomic E-state index is 4.34. The Labute approximate surface area is 98.8 Å². The molecule has 0 unspecified atom stereocenters. The van der Waals surface area contributed by atoms with Gasteiger partial charge in [-0.2, -0.15) is 0 Å². The van der Waals surface area contributed by atoms with Gasteiger partial charge in [-0.25, -0.2) is 15.0 Å². The molecule has 5 heteroatoms. The van der Waals surface area contributed by atoms with Gasteiger partial charge in [0, 0.05) is 42.1 Å². The minimum atomic E-state index is 0.780. The van der Waals surface area contributed by atoms with Crippen molar-refractivity contribution in [2.45, 2.75) is 26.4 Å². The molecule has 0 aliphatic carbocycles. The molecule has 0 aromatic carbocycles. The van der Waals surface area contributed by atoms with Crippen molar-refractivity contribution >= 4 is 11.3 Å². The third-order valence-electron chi connectivity index (χ3n) is 2.17. The number of aryl methyl sites for hydroxylation is 1. The zero-order chi connectivity index (χ0) is 11.2. The number of rotatable bonds is 5. The molecule has 0 radical (unpaired) electrons. The molecular formula is C11H14N4S. The second kappa shape index (κ2) is 5.67. The minimum Gasteiger partial charge on any atom is -0.306 e. The van der Waals surface area contributed by atoms with Crippen LogP contribution in [0.2, 0.25) is 0 Å². The second-order valence-electron chi connectivity index (χ2n) is 3.42. The number of nitrogens with one attached hydrogen (secondary N) is 1. The van der Waals surface area contributed by atoms with Gasteiger partial charge in [0.25, 0.3) is 0 Å². The van der Waals surface area contributed by atoms with Gasteiger partial charge in [0.05, 0.1) is 0 Å². The summed E-state index contributed by atoms with van der Waals surface area (Å²) in [7, 11) is 0. The lowest BCUT2D eigenvalue weighted by Crippen LogP contribution is -2.12. The first kappa shape index (κ1) is 11.2. The fourth-order valence-corrected chi connectivity index (χ4v) is 2.16. The second-order valence-corrected chi connectivity index (χ2v) is 4.62. The van der Waals surface area contributed by atoms with E-state index < -0.39 is 0 Å². The lowest BCUT2D eigenvalue weighted by atomic mass is 10.3. The Kier molecular flexibility index (Phi) is 3.96. The van der Waals surface area contributed by atoms with E-state index in [9.17, 15) is 0 Å². The zero-order valence-corrected chi connectivity index (χ0v) is 10.00. The molecular weight excluding hydrogens is 220 g/mol. The van der Waals surface area contributed by atoms with Gasteiger partial charge < -0.3 is 5.32 Å². The normalized spacial score (nSPS) is 10.6. The lowest BCUT2D eigenvalue weighted by molar-refractivity contribution is 0.685. The van der Waals surface area contributed by atoms with Crippen molar-refractivity contribution in [1.82, 2.24) is 20.3 Å². The van der Waals surface area contributed by atoms with Crippen molar-refractivity contribution in [3.05, 3.63) is 40.4 Å². The molecule has 0 bridgehead atoms. The van der Waals surface area contributed by atoms with Gasteiger partial charge in [-0.1, -0.05) is 6.92 Å². The molecule has 84 valence electrons. The van der Waals surface area contributed by atoms with Crippen LogP contribution in [0.4, 0.5) is 0 Å². The van der Waals surface area contributed by atoms with Crippen LogP contribution < -0.4 is 5.32 Å². The predicted molar refractivity (Wildman–Crippen MR) is 64.1 cm³/mol.